The summed E-state index contributed by atoms with van der Waals surface area (Å²) in [5.41, 5.74) is 1.01. The first kappa shape index (κ1) is 14.1. The number of urea groups is 1. The summed E-state index contributed by atoms with van der Waals surface area (Å²) in [7, 11) is 0. The van der Waals surface area contributed by atoms with Crippen molar-refractivity contribution in [3.63, 3.8) is 0 Å². The number of hydrogen-bond acceptors (Lipinski definition) is 3. The normalized spacial score (nSPS) is 20.1. The molecule has 2 fully saturated rings. The molecule has 1 aromatic carbocycles. The first-order valence-corrected chi connectivity index (χ1v) is 7.71. The average Bonchev–Trinajstić information content (AvgIpc) is 3.15. The van der Waals surface area contributed by atoms with Gasteiger partial charge in [0.05, 0.1) is 12.8 Å². The largest absolute Gasteiger partial charge is 0.340 e. The zero-order valence-corrected chi connectivity index (χ0v) is 12.3. The summed E-state index contributed by atoms with van der Waals surface area (Å²) < 4.78 is 0. The minimum absolute atomic E-state index is 0.0291. The van der Waals surface area contributed by atoms with E-state index in [-0.39, 0.29) is 6.03 Å². The van der Waals surface area contributed by atoms with Gasteiger partial charge in [-0.3, -0.25) is 0 Å². The third kappa shape index (κ3) is 3.61. The lowest BCUT2D eigenvalue weighted by atomic mass is 10.2. The van der Waals surface area contributed by atoms with Crippen LogP contribution in [-0.4, -0.2) is 66.3 Å². The van der Waals surface area contributed by atoms with Crippen LogP contribution in [0.3, 0.4) is 0 Å². The number of carbonyl (C=O) groups is 1. The van der Waals surface area contributed by atoms with Crippen LogP contribution >= 0.6 is 0 Å². The van der Waals surface area contributed by atoms with Gasteiger partial charge < -0.3 is 9.80 Å². The van der Waals surface area contributed by atoms with Crippen LogP contribution in [0.1, 0.15) is 18.4 Å². The Morgan fingerprint density at radius 2 is 1.76 bits per heavy atom. The molecule has 2 aliphatic rings. The van der Waals surface area contributed by atoms with Gasteiger partial charge in [-0.2, -0.15) is 5.10 Å². The molecule has 5 heteroatoms. The molecule has 0 N–H and O–H groups in total. The van der Waals surface area contributed by atoms with E-state index in [1.165, 1.54) is 25.9 Å². The van der Waals surface area contributed by atoms with Crippen LogP contribution < -0.4 is 0 Å². The number of carbonyl (C=O) groups excluding carboxylic acids is 1. The maximum atomic E-state index is 12.3. The lowest BCUT2D eigenvalue weighted by Gasteiger charge is -2.20. The van der Waals surface area contributed by atoms with E-state index in [2.05, 4.69) is 10.0 Å². The maximum Gasteiger partial charge on any atom is 0.340 e. The van der Waals surface area contributed by atoms with Crippen molar-refractivity contribution in [1.82, 2.24) is 14.8 Å². The van der Waals surface area contributed by atoms with Crippen molar-refractivity contribution in [2.45, 2.75) is 12.8 Å². The van der Waals surface area contributed by atoms with Gasteiger partial charge in [0, 0.05) is 19.6 Å². The quantitative estimate of drug-likeness (QED) is 0.775. The summed E-state index contributed by atoms with van der Waals surface area (Å²) in [6, 6.07) is 9.90. The topological polar surface area (TPSA) is 39.2 Å². The van der Waals surface area contributed by atoms with E-state index in [1.807, 2.05) is 35.2 Å². The fraction of sp³-hybridized carbons (Fsp3) is 0.500. The van der Waals surface area contributed by atoms with E-state index in [1.54, 1.807) is 11.2 Å². The van der Waals surface area contributed by atoms with E-state index in [4.69, 9.17) is 0 Å². The van der Waals surface area contributed by atoms with Gasteiger partial charge in [0.1, 0.15) is 0 Å². The average molecular weight is 286 g/mol. The number of amides is 2. The number of rotatable bonds is 5. The Morgan fingerprint density at radius 1 is 1.00 bits per heavy atom. The Kier molecular flexibility index (Phi) is 4.50. The predicted molar refractivity (Wildman–Crippen MR) is 83.4 cm³/mol. The first-order valence-electron chi connectivity index (χ1n) is 7.71. The van der Waals surface area contributed by atoms with Crippen LogP contribution in [0.5, 0.6) is 0 Å². The highest BCUT2D eigenvalue weighted by molar-refractivity contribution is 5.82. The molecule has 2 heterocycles. The van der Waals surface area contributed by atoms with Crippen LogP contribution in [-0.2, 0) is 0 Å². The Hall–Kier alpha value is -1.88. The van der Waals surface area contributed by atoms with Gasteiger partial charge in [-0.05, 0) is 31.5 Å². The molecular weight excluding hydrogens is 264 g/mol. The predicted octanol–water partition coefficient (Wildman–Crippen LogP) is 1.85. The monoisotopic (exact) mass is 286 g/mol. The van der Waals surface area contributed by atoms with Crippen LogP contribution in [0.4, 0.5) is 4.79 Å². The third-order valence-electron chi connectivity index (χ3n) is 4.10. The molecule has 0 radical (unpaired) electrons. The van der Waals surface area contributed by atoms with Crippen LogP contribution in [0.15, 0.2) is 35.4 Å². The van der Waals surface area contributed by atoms with E-state index >= 15 is 0 Å². The van der Waals surface area contributed by atoms with E-state index in [9.17, 15) is 4.79 Å². The number of hydrogen-bond donors (Lipinski definition) is 0. The SMILES string of the molecule is O=C1N(CCN2CCCC2)CCN1/N=C/c1ccccc1. The highest BCUT2D eigenvalue weighted by Crippen LogP contribution is 2.11. The third-order valence-corrected chi connectivity index (χ3v) is 4.10. The summed E-state index contributed by atoms with van der Waals surface area (Å²) in [5.74, 6) is 0. The van der Waals surface area contributed by atoms with Crippen molar-refractivity contribution in [3.05, 3.63) is 35.9 Å². The van der Waals surface area contributed by atoms with Gasteiger partial charge in [-0.25, -0.2) is 9.80 Å². The zero-order chi connectivity index (χ0) is 14.5. The molecule has 0 saturated carbocycles. The minimum atomic E-state index is 0.0291. The Morgan fingerprint density at radius 3 is 2.52 bits per heavy atom. The van der Waals surface area contributed by atoms with Gasteiger partial charge in [0.15, 0.2) is 0 Å². The number of likely N-dealkylation sites (tertiary alicyclic amines) is 1. The molecule has 0 bridgehead atoms. The highest BCUT2D eigenvalue weighted by Gasteiger charge is 2.28. The number of nitrogens with zero attached hydrogens (tertiary/aromatic N) is 4. The molecule has 2 saturated heterocycles. The maximum absolute atomic E-state index is 12.3. The summed E-state index contributed by atoms with van der Waals surface area (Å²) in [5, 5.41) is 5.87. The lowest BCUT2D eigenvalue weighted by molar-refractivity contribution is 0.187. The Balaban J connectivity index is 1.50. The molecule has 1 aromatic rings. The summed E-state index contributed by atoms with van der Waals surface area (Å²) in [6.45, 7) is 5.62. The Bertz CT molecular complexity index is 496. The number of benzene rings is 1. The van der Waals surface area contributed by atoms with Gasteiger partial charge in [0.2, 0.25) is 0 Å². The molecule has 5 nitrogen and oxygen atoms in total. The molecule has 21 heavy (non-hydrogen) atoms. The second-order valence-electron chi connectivity index (χ2n) is 5.60. The number of hydrazone groups is 1. The molecule has 3 rings (SSSR count). The molecule has 0 aliphatic carbocycles. The van der Waals surface area contributed by atoms with Crippen molar-refractivity contribution in [2.75, 3.05) is 39.3 Å². The van der Waals surface area contributed by atoms with E-state index < -0.39 is 0 Å². The van der Waals surface area contributed by atoms with Crippen LogP contribution in [0.25, 0.3) is 0 Å². The molecule has 0 unspecified atom stereocenters. The van der Waals surface area contributed by atoms with Gasteiger partial charge in [0.25, 0.3) is 0 Å². The smallest absolute Gasteiger partial charge is 0.320 e. The molecule has 0 aromatic heterocycles. The minimum Gasteiger partial charge on any atom is -0.320 e. The fourth-order valence-electron chi connectivity index (χ4n) is 2.83. The Labute approximate surface area is 125 Å². The van der Waals surface area contributed by atoms with Gasteiger partial charge >= 0.3 is 6.03 Å². The molecule has 112 valence electrons. The molecule has 0 atom stereocenters. The van der Waals surface area contributed by atoms with Crippen molar-refractivity contribution in [3.8, 4) is 0 Å². The second kappa shape index (κ2) is 6.72. The van der Waals surface area contributed by atoms with Crippen molar-refractivity contribution in [1.29, 1.82) is 0 Å². The molecular formula is C16H22N4O. The molecule has 2 amide bonds. The summed E-state index contributed by atoms with van der Waals surface area (Å²) in [6.07, 6.45) is 4.34. The first-order chi connectivity index (χ1) is 10.3. The lowest BCUT2D eigenvalue weighted by Crippen LogP contribution is -2.36. The summed E-state index contributed by atoms with van der Waals surface area (Å²) in [4.78, 5) is 16.6. The van der Waals surface area contributed by atoms with Crippen molar-refractivity contribution >= 4 is 12.2 Å². The van der Waals surface area contributed by atoms with Crippen molar-refractivity contribution < 1.29 is 4.79 Å². The van der Waals surface area contributed by atoms with E-state index in [0.29, 0.717) is 6.54 Å². The van der Waals surface area contributed by atoms with Crippen molar-refractivity contribution in [2.24, 2.45) is 5.10 Å². The zero-order valence-electron chi connectivity index (χ0n) is 12.3. The fourth-order valence-corrected chi connectivity index (χ4v) is 2.83. The molecule has 2 aliphatic heterocycles. The second-order valence-corrected chi connectivity index (χ2v) is 5.60. The standard InChI is InChI=1S/C16H22N4O/c21-16-19(11-10-18-8-4-5-9-18)12-13-20(16)17-14-15-6-2-1-3-7-15/h1-3,6-7,14H,4-5,8-13H2/b17-14+. The van der Waals surface area contributed by atoms with Crippen LogP contribution in [0.2, 0.25) is 0 Å². The summed E-state index contributed by atoms with van der Waals surface area (Å²) >= 11 is 0. The van der Waals surface area contributed by atoms with E-state index in [0.717, 1.165) is 25.2 Å². The van der Waals surface area contributed by atoms with Gasteiger partial charge in [-0.15, -0.1) is 0 Å². The van der Waals surface area contributed by atoms with Crippen LogP contribution in [0, 0.1) is 0 Å². The van der Waals surface area contributed by atoms with Gasteiger partial charge in [-0.1, -0.05) is 30.3 Å². The highest BCUT2D eigenvalue weighted by atomic mass is 16.2. The molecule has 0 spiro atoms.